The van der Waals surface area contributed by atoms with Gasteiger partial charge in [0, 0.05) is 51.4 Å². The number of carbonyl (C=O) groups excluding carboxylic acids is 7. The number of carbonyl (C=O) groups is 7. The molecular weight excluding hydrogens is 1000 g/mol. The lowest BCUT2D eigenvalue weighted by Gasteiger charge is -2.35. The first-order chi connectivity index (χ1) is 36.5. The molecule has 16 atom stereocenters. The van der Waals surface area contributed by atoms with Crippen molar-refractivity contribution in [3.63, 3.8) is 0 Å². The molecule has 0 aliphatic carbocycles. The smallest absolute Gasteiger partial charge is 0.248 e. The third-order valence-corrected chi connectivity index (χ3v) is 15.2. The molecule has 3 saturated heterocycles. The molecule has 1 aromatic carbocycles. The van der Waals surface area contributed by atoms with E-state index in [1.54, 1.807) is 0 Å². The van der Waals surface area contributed by atoms with Crippen LogP contribution in [0.4, 0.5) is 0 Å². The first kappa shape index (κ1) is 64.6. The standard InChI is InChI=1S/C53H89N9O15/c1-5-29(2)24-30(3)12-10-8-6-7-9-11-13-35(65)25-33-26-40(69)47(56-22-21-55)60-51(75)44-39(68)19-23-61(44)53(77)42(38(67)18-20-54)58-50(74)43(46(71)45(70)32-14-16-34(64)17-15-32)59-49(73)37-27-36(66)28-62(37)52(76)41(31(4)63)57-48(33)72/h14-17,29-31,33,36-47,56,63-64,66-71H,5-13,18-28,54-55H2,1-4H3,(H,57,72)(H,58,74)(H,59,73)(H,60,75)/t29?,30?,31-,33?,36-,37+,38-,39+,40-,41+,42+,43+,44+,45+,46+,47-/m1/s1. The molecule has 3 heterocycles. The normalized spacial score (nSPS) is 28.7. The van der Waals surface area contributed by atoms with Crippen LogP contribution in [0, 0.1) is 17.8 Å². The Bertz CT molecular complexity index is 2070. The van der Waals surface area contributed by atoms with E-state index in [0.29, 0.717) is 18.3 Å². The quantitative estimate of drug-likeness (QED) is 0.0488. The molecule has 436 valence electrons. The molecule has 0 aromatic heterocycles. The van der Waals surface area contributed by atoms with Crippen molar-refractivity contribution in [2.75, 3.05) is 32.7 Å². The predicted molar refractivity (Wildman–Crippen MR) is 281 cm³/mol. The summed E-state index contributed by atoms with van der Waals surface area (Å²) in [6.07, 6.45) is -6.76. The molecule has 0 radical (unpaired) electrons. The second-order valence-corrected chi connectivity index (χ2v) is 21.6. The number of aliphatic hydroxyl groups excluding tert-OH is 7. The number of Topliss-reactive ketones (excluding diaryl/α,β-unsaturated/α-hetero) is 1. The van der Waals surface area contributed by atoms with Crippen LogP contribution in [0.25, 0.3) is 0 Å². The number of nitrogens with two attached hydrogens (primary N) is 2. The second kappa shape index (κ2) is 31.6. The van der Waals surface area contributed by atoms with Crippen molar-refractivity contribution in [3.05, 3.63) is 29.8 Å². The summed E-state index contributed by atoms with van der Waals surface area (Å²) in [5.41, 5.74) is 11.5. The van der Waals surface area contributed by atoms with E-state index in [-0.39, 0.29) is 62.5 Å². The Kier molecular flexibility index (Phi) is 26.6. The number of unbranched alkanes of at least 4 members (excludes halogenated alkanes) is 5. The van der Waals surface area contributed by atoms with Crippen LogP contribution in [0.15, 0.2) is 24.3 Å². The fourth-order valence-corrected chi connectivity index (χ4v) is 10.5. The highest BCUT2D eigenvalue weighted by atomic mass is 16.3. The fourth-order valence-electron chi connectivity index (χ4n) is 10.5. The molecule has 3 aliphatic rings. The highest BCUT2D eigenvalue weighted by Crippen LogP contribution is 2.27. The Balaban J connectivity index is 1.73. The predicted octanol–water partition coefficient (Wildman–Crippen LogP) is -2.22. The zero-order valence-corrected chi connectivity index (χ0v) is 45.2. The largest absolute Gasteiger partial charge is 0.508 e. The van der Waals surface area contributed by atoms with Gasteiger partial charge in [0.1, 0.15) is 60.1 Å². The lowest BCUT2D eigenvalue weighted by Crippen LogP contribution is -2.65. The number of aromatic hydroxyl groups is 1. The number of aliphatic hydroxyl groups is 7. The monoisotopic (exact) mass is 1090 g/mol. The van der Waals surface area contributed by atoms with Crippen LogP contribution in [0.3, 0.4) is 0 Å². The van der Waals surface area contributed by atoms with E-state index in [1.165, 1.54) is 37.6 Å². The number of ketones is 1. The van der Waals surface area contributed by atoms with Crippen LogP contribution in [0.2, 0.25) is 0 Å². The maximum absolute atomic E-state index is 14.6. The molecule has 1 aromatic rings. The van der Waals surface area contributed by atoms with E-state index >= 15 is 0 Å². The Morgan fingerprint density at radius 1 is 0.714 bits per heavy atom. The molecule has 3 aliphatic heterocycles. The first-order valence-corrected chi connectivity index (χ1v) is 27.6. The van der Waals surface area contributed by atoms with Gasteiger partial charge in [0.15, 0.2) is 0 Å². The Morgan fingerprint density at radius 2 is 1.34 bits per heavy atom. The third kappa shape index (κ3) is 18.9. The Morgan fingerprint density at radius 3 is 1.97 bits per heavy atom. The highest BCUT2D eigenvalue weighted by Gasteiger charge is 2.49. The van der Waals surface area contributed by atoms with E-state index in [0.717, 1.165) is 54.7 Å². The van der Waals surface area contributed by atoms with Crippen LogP contribution in [-0.2, 0) is 33.6 Å². The zero-order valence-electron chi connectivity index (χ0n) is 45.2. The maximum atomic E-state index is 14.6. The molecule has 0 saturated carbocycles. The average molecular weight is 1090 g/mol. The van der Waals surface area contributed by atoms with Crippen molar-refractivity contribution in [2.24, 2.45) is 29.2 Å². The summed E-state index contributed by atoms with van der Waals surface area (Å²) in [5.74, 6) is -7.38. The molecule has 4 rings (SSSR count). The van der Waals surface area contributed by atoms with Gasteiger partial charge in [0.05, 0.1) is 30.5 Å². The number of fused-ring (bicyclic) bond motifs is 2. The number of rotatable bonds is 24. The number of hydrogen-bond acceptors (Lipinski definition) is 18. The fraction of sp³-hybridized carbons (Fsp3) is 0.755. The summed E-state index contributed by atoms with van der Waals surface area (Å²) in [6, 6.07) is -4.64. The number of nitrogens with one attached hydrogen (secondary N) is 5. The molecule has 3 unspecified atom stereocenters. The summed E-state index contributed by atoms with van der Waals surface area (Å²) in [7, 11) is 0. The van der Waals surface area contributed by atoms with Crippen LogP contribution in [0.5, 0.6) is 5.75 Å². The summed E-state index contributed by atoms with van der Waals surface area (Å²) < 4.78 is 0. The van der Waals surface area contributed by atoms with Crippen molar-refractivity contribution in [3.8, 4) is 5.75 Å². The van der Waals surface area contributed by atoms with Crippen LogP contribution in [-0.4, -0.2) is 198 Å². The molecule has 24 heteroatoms. The number of benzene rings is 1. The molecule has 17 N–H and O–H groups in total. The number of hydrogen-bond donors (Lipinski definition) is 15. The molecule has 0 bridgehead atoms. The maximum Gasteiger partial charge on any atom is 0.248 e. The van der Waals surface area contributed by atoms with Gasteiger partial charge < -0.3 is 83.4 Å². The van der Waals surface area contributed by atoms with Gasteiger partial charge >= 0.3 is 0 Å². The van der Waals surface area contributed by atoms with E-state index in [9.17, 15) is 74.4 Å². The van der Waals surface area contributed by atoms with Crippen molar-refractivity contribution < 1.29 is 74.4 Å². The van der Waals surface area contributed by atoms with E-state index in [4.69, 9.17) is 11.5 Å². The minimum atomic E-state index is -2.27. The molecule has 6 amide bonds. The topological polar surface area (TPSA) is 400 Å². The second-order valence-electron chi connectivity index (χ2n) is 21.6. The molecule has 3 fully saturated rings. The van der Waals surface area contributed by atoms with Crippen molar-refractivity contribution in [2.45, 2.75) is 203 Å². The number of phenolic OH excluding ortho intramolecular Hbond substituents is 1. The lowest BCUT2D eigenvalue weighted by atomic mass is 9.90. The van der Waals surface area contributed by atoms with Gasteiger partial charge in [-0.05, 0) is 75.1 Å². The van der Waals surface area contributed by atoms with E-state index in [2.05, 4.69) is 47.4 Å². The van der Waals surface area contributed by atoms with Crippen LogP contribution >= 0.6 is 0 Å². The van der Waals surface area contributed by atoms with Crippen molar-refractivity contribution in [1.29, 1.82) is 0 Å². The van der Waals surface area contributed by atoms with Gasteiger partial charge in [0.2, 0.25) is 35.4 Å². The summed E-state index contributed by atoms with van der Waals surface area (Å²) in [5, 5.41) is 102. The number of amides is 6. The molecule has 77 heavy (non-hydrogen) atoms. The van der Waals surface area contributed by atoms with Gasteiger partial charge in [-0.1, -0.05) is 77.8 Å². The van der Waals surface area contributed by atoms with E-state index < -0.39 is 146 Å². The van der Waals surface area contributed by atoms with Gasteiger partial charge in [0.25, 0.3) is 0 Å². The molecule has 24 nitrogen and oxygen atoms in total. The van der Waals surface area contributed by atoms with Gasteiger partial charge in [-0.3, -0.25) is 38.9 Å². The first-order valence-electron chi connectivity index (χ1n) is 27.6. The third-order valence-electron chi connectivity index (χ3n) is 15.2. The summed E-state index contributed by atoms with van der Waals surface area (Å²) in [6.45, 7) is 6.84. The number of phenols is 1. The minimum Gasteiger partial charge on any atom is -0.508 e. The summed E-state index contributed by atoms with van der Waals surface area (Å²) in [4.78, 5) is 102. The van der Waals surface area contributed by atoms with Crippen molar-refractivity contribution >= 4 is 41.2 Å². The molecular formula is C53H89N9O15. The summed E-state index contributed by atoms with van der Waals surface area (Å²) >= 11 is 0. The Labute approximate surface area is 451 Å². The average Bonchev–Trinajstić information content (AvgIpc) is 3.99. The van der Waals surface area contributed by atoms with Crippen LogP contribution < -0.4 is 38.1 Å². The van der Waals surface area contributed by atoms with Gasteiger partial charge in [-0.15, -0.1) is 0 Å². The SMILES string of the molecule is CCC(C)CC(C)CCCCCCCCC(=O)CC1C[C@@H](O)[C@H](NCCN)NC(=O)[C@@H]2[C@@H](O)CCN2C(=O)[C@H]([C@H](O)CCN)NC(=O)[C@H]([C@H](O)[C@@H](O)c2ccc(O)cc2)NC(=O)[C@@H]2C[C@@H](O)CN2C(=O)[C@H]([C@@H](C)O)NC1=O. The zero-order chi connectivity index (χ0) is 57.1. The van der Waals surface area contributed by atoms with Crippen molar-refractivity contribution in [1.82, 2.24) is 36.4 Å². The van der Waals surface area contributed by atoms with Gasteiger partial charge in [-0.25, -0.2) is 0 Å². The number of nitrogens with zero attached hydrogens (tertiary/aromatic N) is 2. The van der Waals surface area contributed by atoms with E-state index in [1.807, 2.05) is 0 Å². The van der Waals surface area contributed by atoms with Crippen LogP contribution in [0.1, 0.15) is 136 Å². The Hall–Kier alpha value is -4.89. The molecule has 0 spiro atoms. The highest BCUT2D eigenvalue weighted by molar-refractivity contribution is 5.98. The lowest BCUT2D eigenvalue weighted by molar-refractivity contribution is -0.148. The van der Waals surface area contributed by atoms with Gasteiger partial charge in [-0.2, -0.15) is 0 Å². The minimum absolute atomic E-state index is 0.0146.